The summed E-state index contributed by atoms with van der Waals surface area (Å²) in [7, 11) is 0. The van der Waals surface area contributed by atoms with Crippen LogP contribution in [0.25, 0.3) is 0 Å². The van der Waals surface area contributed by atoms with Gasteiger partial charge in [0.1, 0.15) is 0 Å². The summed E-state index contributed by atoms with van der Waals surface area (Å²) in [6.07, 6.45) is 4.98. The Balaban J connectivity index is 0.00000161. The molecule has 3 rings (SSSR count). The summed E-state index contributed by atoms with van der Waals surface area (Å²) < 4.78 is 0. The summed E-state index contributed by atoms with van der Waals surface area (Å²) in [5.74, 6) is 1.12. The summed E-state index contributed by atoms with van der Waals surface area (Å²) in [5.41, 5.74) is 1.98. The predicted molar refractivity (Wildman–Crippen MR) is 88.1 cm³/mol. The van der Waals surface area contributed by atoms with E-state index in [0.717, 1.165) is 43.0 Å². The van der Waals surface area contributed by atoms with E-state index >= 15 is 0 Å². The molecule has 1 saturated heterocycles. The van der Waals surface area contributed by atoms with Gasteiger partial charge in [0.05, 0.1) is 0 Å². The lowest BCUT2D eigenvalue weighted by molar-refractivity contribution is 0.0705. The van der Waals surface area contributed by atoms with Gasteiger partial charge in [0, 0.05) is 24.7 Å². The Hall–Kier alpha value is -1.06. The normalized spacial score (nSPS) is 19.2. The van der Waals surface area contributed by atoms with E-state index in [0.29, 0.717) is 6.04 Å². The molecule has 1 aliphatic carbocycles. The van der Waals surface area contributed by atoms with Gasteiger partial charge in [-0.3, -0.25) is 4.79 Å². The Morgan fingerprint density at radius 3 is 2.57 bits per heavy atom. The fourth-order valence-electron chi connectivity index (χ4n) is 2.90. The average Bonchev–Trinajstić information content (AvgIpc) is 3.29. The van der Waals surface area contributed by atoms with Crippen LogP contribution < -0.4 is 5.32 Å². The molecule has 1 aromatic carbocycles. The van der Waals surface area contributed by atoms with Crippen LogP contribution in [0.2, 0.25) is 0 Å². The number of benzene rings is 1. The van der Waals surface area contributed by atoms with Crippen molar-refractivity contribution >= 4 is 18.3 Å². The molecule has 0 bridgehead atoms. The number of piperidine rings is 1. The number of rotatable bonds is 4. The molecule has 0 spiro atoms. The molecule has 1 N–H and O–H groups in total. The zero-order valence-electron chi connectivity index (χ0n) is 12.7. The Bertz CT molecular complexity index is 479. The first-order valence-corrected chi connectivity index (χ1v) is 7.82. The van der Waals surface area contributed by atoms with Crippen molar-refractivity contribution in [2.45, 2.75) is 38.6 Å². The van der Waals surface area contributed by atoms with Gasteiger partial charge in [-0.1, -0.05) is 17.7 Å². The van der Waals surface area contributed by atoms with Crippen molar-refractivity contribution in [3.63, 3.8) is 0 Å². The van der Waals surface area contributed by atoms with E-state index in [9.17, 15) is 4.79 Å². The van der Waals surface area contributed by atoms with E-state index in [1.807, 2.05) is 36.1 Å². The molecule has 0 unspecified atom stereocenters. The SMILES string of the molecule is Cc1cccc(C(=O)N2CCC(NCC3CC3)CC2)c1.Cl. The Labute approximate surface area is 133 Å². The topological polar surface area (TPSA) is 32.3 Å². The van der Waals surface area contributed by atoms with Gasteiger partial charge in [-0.25, -0.2) is 0 Å². The first-order valence-electron chi connectivity index (χ1n) is 7.82. The maximum atomic E-state index is 12.4. The van der Waals surface area contributed by atoms with Gasteiger partial charge < -0.3 is 10.2 Å². The minimum absolute atomic E-state index is 0. The van der Waals surface area contributed by atoms with E-state index < -0.39 is 0 Å². The highest BCUT2D eigenvalue weighted by molar-refractivity contribution is 5.94. The summed E-state index contributed by atoms with van der Waals surface area (Å²) >= 11 is 0. The summed E-state index contributed by atoms with van der Waals surface area (Å²) in [4.78, 5) is 14.4. The number of halogens is 1. The lowest BCUT2D eigenvalue weighted by Crippen LogP contribution is -2.45. The fourth-order valence-corrected chi connectivity index (χ4v) is 2.90. The summed E-state index contributed by atoms with van der Waals surface area (Å²) in [6, 6.07) is 8.52. The van der Waals surface area contributed by atoms with Crippen molar-refractivity contribution < 1.29 is 4.79 Å². The zero-order valence-corrected chi connectivity index (χ0v) is 13.5. The number of hydrogen-bond donors (Lipinski definition) is 1. The zero-order chi connectivity index (χ0) is 13.9. The standard InChI is InChI=1S/C17H24N2O.ClH/c1-13-3-2-4-15(11-13)17(20)19-9-7-16(8-10-19)18-12-14-5-6-14;/h2-4,11,14,16,18H,5-10,12H2,1H3;1H. The highest BCUT2D eigenvalue weighted by Gasteiger charge is 2.26. The van der Waals surface area contributed by atoms with Crippen LogP contribution in [0.3, 0.4) is 0 Å². The third-order valence-electron chi connectivity index (χ3n) is 4.44. The van der Waals surface area contributed by atoms with Crippen molar-refractivity contribution in [3.8, 4) is 0 Å². The number of amides is 1. The van der Waals surface area contributed by atoms with Crippen LogP contribution in [-0.2, 0) is 0 Å². The number of carbonyl (C=O) groups excluding carboxylic acids is 1. The highest BCUT2D eigenvalue weighted by atomic mass is 35.5. The van der Waals surface area contributed by atoms with Gasteiger partial charge in [-0.05, 0) is 57.2 Å². The van der Waals surface area contributed by atoms with Gasteiger partial charge in [0.15, 0.2) is 0 Å². The molecule has 1 heterocycles. The van der Waals surface area contributed by atoms with Crippen LogP contribution in [0.4, 0.5) is 0 Å². The molecule has 1 aromatic rings. The van der Waals surface area contributed by atoms with Gasteiger partial charge in [0.2, 0.25) is 0 Å². The third kappa shape index (κ3) is 4.45. The van der Waals surface area contributed by atoms with Crippen molar-refractivity contribution in [2.24, 2.45) is 5.92 Å². The average molecular weight is 309 g/mol. The molecule has 0 aromatic heterocycles. The second-order valence-electron chi connectivity index (χ2n) is 6.29. The first-order chi connectivity index (χ1) is 9.72. The van der Waals surface area contributed by atoms with E-state index in [1.54, 1.807) is 0 Å². The Morgan fingerprint density at radius 2 is 1.95 bits per heavy atom. The Morgan fingerprint density at radius 1 is 1.24 bits per heavy atom. The third-order valence-corrected chi connectivity index (χ3v) is 4.44. The van der Waals surface area contributed by atoms with E-state index in [1.165, 1.54) is 19.4 Å². The highest BCUT2D eigenvalue weighted by Crippen LogP contribution is 2.28. The maximum absolute atomic E-state index is 12.4. The number of nitrogens with one attached hydrogen (secondary N) is 1. The molecule has 1 saturated carbocycles. The second-order valence-corrected chi connectivity index (χ2v) is 6.29. The van der Waals surface area contributed by atoms with E-state index in [2.05, 4.69) is 5.32 Å². The molecular formula is C17H25ClN2O. The van der Waals surface area contributed by atoms with Crippen LogP contribution in [0.5, 0.6) is 0 Å². The molecule has 0 atom stereocenters. The molecule has 3 nitrogen and oxygen atoms in total. The first kappa shape index (κ1) is 16.3. The summed E-state index contributed by atoms with van der Waals surface area (Å²) in [5, 5.41) is 3.65. The van der Waals surface area contributed by atoms with Gasteiger partial charge in [0.25, 0.3) is 5.91 Å². The molecule has 21 heavy (non-hydrogen) atoms. The molecular weight excluding hydrogens is 284 g/mol. The summed E-state index contributed by atoms with van der Waals surface area (Å²) in [6.45, 7) is 4.98. The number of carbonyl (C=O) groups is 1. The molecule has 0 radical (unpaired) electrons. The molecule has 4 heteroatoms. The lowest BCUT2D eigenvalue weighted by Gasteiger charge is -2.32. The van der Waals surface area contributed by atoms with Crippen LogP contribution in [0.1, 0.15) is 41.6 Å². The van der Waals surface area contributed by atoms with Crippen LogP contribution in [-0.4, -0.2) is 36.5 Å². The minimum atomic E-state index is 0. The van der Waals surface area contributed by atoms with Gasteiger partial charge in [-0.15, -0.1) is 12.4 Å². The van der Waals surface area contributed by atoms with Gasteiger partial charge >= 0.3 is 0 Å². The largest absolute Gasteiger partial charge is 0.339 e. The molecule has 2 aliphatic rings. The Kier molecular flexibility index (Phi) is 5.65. The van der Waals surface area contributed by atoms with Crippen molar-refractivity contribution in [2.75, 3.05) is 19.6 Å². The molecule has 1 amide bonds. The smallest absolute Gasteiger partial charge is 0.253 e. The fraction of sp³-hybridized carbons (Fsp3) is 0.588. The van der Waals surface area contributed by atoms with Crippen molar-refractivity contribution in [1.29, 1.82) is 0 Å². The number of aryl methyl sites for hydroxylation is 1. The van der Waals surface area contributed by atoms with Crippen molar-refractivity contribution in [3.05, 3.63) is 35.4 Å². The number of hydrogen-bond acceptors (Lipinski definition) is 2. The van der Waals surface area contributed by atoms with Gasteiger partial charge in [-0.2, -0.15) is 0 Å². The lowest BCUT2D eigenvalue weighted by atomic mass is 10.0. The predicted octanol–water partition coefficient (Wildman–Crippen LogP) is 3.02. The van der Waals surface area contributed by atoms with Crippen LogP contribution >= 0.6 is 12.4 Å². The van der Waals surface area contributed by atoms with E-state index in [-0.39, 0.29) is 18.3 Å². The van der Waals surface area contributed by atoms with Crippen LogP contribution in [0, 0.1) is 12.8 Å². The van der Waals surface area contributed by atoms with Crippen molar-refractivity contribution in [1.82, 2.24) is 10.2 Å². The number of nitrogens with zero attached hydrogens (tertiary/aromatic N) is 1. The minimum Gasteiger partial charge on any atom is -0.339 e. The number of likely N-dealkylation sites (tertiary alicyclic amines) is 1. The molecule has 1 aliphatic heterocycles. The molecule has 116 valence electrons. The monoisotopic (exact) mass is 308 g/mol. The quantitative estimate of drug-likeness (QED) is 0.927. The second kappa shape index (κ2) is 7.28. The maximum Gasteiger partial charge on any atom is 0.253 e. The van der Waals surface area contributed by atoms with Crippen LogP contribution in [0.15, 0.2) is 24.3 Å². The van der Waals surface area contributed by atoms with E-state index in [4.69, 9.17) is 0 Å². The molecule has 2 fully saturated rings.